The average molecular weight is 299 g/mol. The van der Waals surface area contributed by atoms with Gasteiger partial charge in [-0.1, -0.05) is 34.8 Å². The van der Waals surface area contributed by atoms with Crippen LogP contribution in [0.2, 0.25) is 0 Å². The topological polar surface area (TPSA) is 29.5 Å². The van der Waals surface area contributed by atoms with Gasteiger partial charge in [-0.2, -0.15) is 0 Å². The van der Waals surface area contributed by atoms with Gasteiger partial charge in [0.15, 0.2) is 0 Å². The van der Waals surface area contributed by atoms with Crippen LogP contribution in [0.5, 0.6) is 5.75 Å². The summed E-state index contributed by atoms with van der Waals surface area (Å²) in [7, 11) is 0. The molecular weight excluding hydrogens is 280 g/mol. The molecule has 0 bridgehead atoms. The first kappa shape index (κ1) is 12.9. The molecule has 2 nitrogen and oxygen atoms in total. The van der Waals surface area contributed by atoms with Crippen molar-refractivity contribution in [1.29, 1.82) is 0 Å². The molecule has 0 amide bonds. The van der Waals surface area contributed by atoms with Crippen molar-refractivity contribution < 1.29 is 9.84 Å². The number of hydrogen-bond acceptors (Lipinski definition) is 2. The van der Waals surface area contributed by atoms with Gasteiger partial charge in [0.25, 0.3) is 0 Å². The number of rotatable bonds is 2. The molecule has 2 unspecified atom stereocenters. The molecule has 0 aliphatic heterocycles. The van der Waals surface area contributed by atoms with E-state index in [1.807, 2.05) is 25.1 Å². The second-order valence-corrected chi connectivity index (χ2v) is 5.69. The molecule has 0 aromatic heterocycles. The first-order chi connectivity index (χ1) is 8.16. The van der Waals surface area contributed by atoms with Crippen LogP contribution >= 0.6 is 15.9 Å². The third kappa shape index (κ3) is 3.46. The third-order valence-corrected chi connectivity index (χ3v) is 3.84. The number of aliphatic hydroxyl groups excluding tert-OH is 1. The van der Waals surface area contributed by atoms with Gasteiger partial charge in [0.1, 0.15) is 11.9 Å². The van der Waals surface area contributed by atoms with E-state index in [1.165, 1.54) is 6.42 Å². The Bertz CT molecular complexity index is 378. The zero-order valence-electron chi connectivity index (χ0n) is 10.2. The van der Waals surface area contributed by atoms with Crippen molar-refractivity contribution in [1.82, 2.24) is 0 Å². The summed E-state index contributed by atoms with van der Waals surface area (Å²) < 4.78 is 6.99. The lowest BCUT2D eigenvalue weighted by Gasteiger charge is -2.23. The normalized spacial score (nSPS) is 25.4. The molecule has 3 heteroatoms. The molecule has 2 rings (SSSR count). The summed E-state index contributed by atoms with van der Waals surface area (Å²) in [4.78, 5) is 0. The van der Waals surface area contributed by atoms with Crippen LogP contribution < -0.4 is 4.74 Å². The minimum Gasteiger partial charge on any atom is -0.487 e. The predicted octanol–water partition coefficient (Wildman–Crippen LogP) is 3.83. The molecule has 1 N–H and O–H groups in total. The van der Waals surface area contributed by atoms with Gasteiger partial charge in [-0.3, -0.25) is 0 Å². The average Bonchev–Trinajstić information content (AvgIpc) is 2.50. The van der Waals surface area contributed by atoms with E-state index in [1.54, 1.807) is 0 Å². The number of halogens is 1. The van der Waals surface area contributed by atoms with E-state index < -0.39 is 0 Å². The lowest BCUT2D eigenvalue weighted by Crippen LogP contribution is -2.30. The Labute approximate surface area is 111 Å². The van der Waals surface area contributed by atoms with Crippen LogP contribution in [0.4, 0.5) is 0 Å². The highest BCUT2D eigenvalue weighted by molar-refractivity contribution is 9.10. The maximum absolute atomic E-state index is 10.0. The molecular formula is C14H19BrO2. The van der Waals surface area contributed by atoms with E-state index in [9.17, 15) is 5.11 Å². The standard InChI is InChI=1S/C14H19BrO2/c1-10-7-8-11(15)9-14(10)17-13-6-4-2-3-5-12(13)16/h7-9,12-13,16H,2-6H2,1H3. The van der Waals surface area contributed by atoms with Gasteiger partial charge < -0.3 is 9.84 Å². The molecule has 1 fully saturated rings. The zero-order chi connectivity index (χ0) is 12.3. The van der Waals surface area contributed by atoms with Gasteiger partial charge in [0.05, 0.1) is 6.10 Å². The second-order valence-electron chi connectivity index (χ2n) is 4.77. The molecule has 0 saturated heterocycles. The van der Waals surface area contributed by atoms with E-state index in [0.29, 0.717) is 0 Å². The van der Waals surface area contributed by atoms with Crippen molar-refractivity contribution in [3.05, 3.63) is 28.2 Å². The Kier molecular flexibility index (Phi) is 4.46. The van der Waals surface area contributed by atoms with Crippen molar-refractivity contribution in [2.24, 2.45) is 0 Å². The van der Waals surface area contributed by atoms with Crippen molar-refractivity contribution in [3.63, 3.8) is 0 Å². The molecule has 1 aliphatic carbocycles. The number of benzene rings is 1. The Morgan fingerprint density at radius 1 is 1.24 bits per heavy atom. The fourth-order valence-electron chi connectivity index (χ4n) is 2.26. The largest absolute Gasteiger partial charge is 0.487 e. The number of ether oxygens (including phenoxy) is 1. The lowest BCUT2D eigenvalue weighted by atomic mass is 10.1. The summed E-state index contributed by atoms with van der Waals surface area (Å²) in [6.07, 6.45) is 4.90. The summed E-state index contributed by atoms with van der Waals surface area (Å²) in [5.41, 5.74) is 1.12. The van der Waals surface area contributed by atoms with Crippen LogP contribution in [0.1, 0.15) is 37.7 Å². The number of aryl methyl sites for hydroxylation is 1. The summed E-state index contributed by atoms with van der Waals surface area (Å²) >= 11 is 3.45. The molecule has 94 valence electrons. The summed E-state index contributed by atoms with van der Waals surface area (Å²) in [6.45, 7) is 2.03. The second kappa shape index (κ2) is 5.87. The summed E-state index contributed by atoms with van der Waals surface area (Å²) in [5, 5.41) is 10.0. The molecule has 1 aromatic carbocycles. The number of hydrogen-bond donors (Lipinski definition) is 1. The fraction of sp³-hybridized carbons (Fsp3) is 0.571. The van der Waals surface area contributed by atoms with Crippen molar-refractivity contribution in [3.8, 4) is 5.75 Å². The van der Waals surface area contributed by atoms with Crippen molar-refractivity contribution >= 4 is 15.9 Å². The van der Waals surface area contributed by atoms with Gasteiger partial charge in [0.2, 0.25) is 0 Å². The van der Waals surface area contributed by atoms with E-state index in [-0.39, 0.29) is 12.2 Å². The fourth-order valence-corrected chi connectivity index (χ4v) is 2.60. The van der Waals surface area contributed by atoms with Crippen LogP contribution in [0, 0.1) is 6.92 Å². The summed E-state index contributed by atoms with van der Waals surface area (Å²) in [5.74, 6) is 0.880. The minimum atomic E-state index is -0.323. The minimum absolute atomic E-state index is 0.0505. The van der Waals surface area contributed by atoms with Crippen LogP contribution in [-0.4, -0.2) is 17.3 Å². The molecule has 17 heavy (non-hydrogen) atoms. The maximum Gasteiger partial charge on any atom is 0.124 e. The first-order valence-electron chi connectivity index (χ1n) is 6.27. The van der Waals surface area contributed by atoms with Gasteiger partial charge >= 0.3 is 0 Å². The van der Waals surface area contributed by atoms with E-state index in [2.05, 4.69) is 15.9 Å². The smallest absolute Gasteiger partial charge is 0.124 e. The van der Waals surface area contributed by atoms with E-state index >= 15 is 0 Å². The zero-order valence-corrected chi connectivity index (χ0v) is 11.7. The Hall–Kier alpha value is -0.540. The van der Waals surface area contributed by atoms with Gasteiger partial charge in [-0.25, -0.2) is 0 Å². The van der Waals surface area contributed by atoms with Crippen LogP contribution in [0.25, 0.3) is 0 Å². The number of aliphatic hydroxyl groups is 1. The molecule has 1 saturated carbocycles. The molecule has 0 radical (unpaired) electrons. The predicted molar refractivity (Wildman–Crippen MR) is 72.4 cm³/mol. The summed E-state index contributed by atoms with van der Waals surface area (Å²) in [6, 6.07) is 6.02. The van der Waals surface area contributed by atoms with Gasteiger partial charge in [-0.15, -0.1) is 0 Å². The Morgan fingerprint density at radius 3 is 2.82 bits per heavy atom. The molecule has 2 atom stereocenters. The highest BCUT2D eigenvalue weighted by Crippen LogP contribution is 2.27. The van der Waals surface area contributed by atoms with Crippen molar-refractivity contribution in [2.45, 2.75) is 51.2 Å². The van der Waals surface area contributed by atoms with Crippen LogP contribution in [0.15, 0.2) is 22.7 Å². The van der Waals surface area contributed by atoms with Gasteiger partial charge in [0, 0.05) is 4.47 Å². The monoisotopic (exact) mass is 298 g/mol. The quantitative estimate of drug-likeness (QED) is 0.841. The van der Waals surface area contributed by atoms with Crippen LogP contribution in [-0.2, 0) is 0 Å². The Balaban J connectivity index is 2.10. The van der Waals surface area contributed by atoms with Crippen LogP contribution in [0.3, 0.4) is 0 Å². The highest BCUT2D eigenvalue weighted by atomic mass is 79.9. The molecule has 1 aliphatic rings. The lowest BCUT2D eigenvalue weighted by molar-refractivity contribution is 0.0316. The third-order valence-electron chi connectivity index (χ3n) is 3.35. The van der Waals surface area contributed by atoms with E-state index in [0.717, 1.165) is 41.5 Å². The highest BCUT2D eigenvalue weighted by Gasteiger charge is 2.23. The Morgan fingerprint density at radius 2 is 2.00 bits per heavy atom. The molecule has 1 aromatic rings. The molecule has 0 heterocycles. The van der Waals surface area contributed by atoms with Gasteiger partial charge in [-0.05, 0) is 43.9 Å². The SMILES string of the molecule is Cc1ccc(Br)cc1OC1CCCCCC1O. The van der Waals surface area contributed by atoms with E-state index in [4.69, 9.17) is 4.74 Å². The van der Waals surface area contributed by atoms with Crippen molar-refractivity contribution in [2.75, 3.05) is 0 Å². The maximum atomic E-state index is 10.0. The molecule has 0 spiro atoms. The first-order valence-corrected chi connectivity index (χ1v) is 7.07.